The van der Waals surface area contributed by atoms with Gasteiger partial charge in [-0.25, -0.2) is 0 Å². The fraction of sp³-hybridized carbons (Fsp3) is 0.294. The van der Waals surface area contributed by atoms with E-state index in [0.717, 1.165) is 11.1 Å². The molecule has 0 saturated carbocycles. The average Bonchev–Trinajstić information content (AvgIpc) is 2.42. The molecule has 17 heavy (non-hydrogen) atoms. The van der Waals surface area contributed by atoms with Crippen LogP contribution in [0.5, 0.6) is 0 Å². The molecular formula is C17H28. The van der Waals surface area contributed by atoms with E-state index in [0.29, 0.717) is 0 Å². The number of allylic oxidation sites excluding steroid dienone is 9. The van der Waals surface area contributed by atoms with Gasteiger partial charge < -0.3 is 0 Å². The van der Waals surface area contributed by atoms with Gasteiger partial charge >= 0.3 is 0 Å². The molecule has 0 unspecified atom stereocenters. The Kier molecular flexibility index (Phi) is 24.4. The lowest BCUT2D eigenvalue weighted by Crippen LogP contribution is -1.80. The van der Waals surface area contributed by atoms with Crippen molar-refractivity contribution < 1.29 is 0 Å². The molecule has 96 valence electrons. The minimum absolute atomic E-state index is 1.03. The van der Waals surface area contributed by atoms with Crippen molar-refractivity contribution in [1.29, 1.82) is 0 Å². The Morgan fingerprint density at radius 2 is 1.18 bits per heavy atom. The second kappa shape index (κ2) is 19.9. The summed E-state index contributed by atoms with van der Waals surface area (Å²) in [5, 5.41) is 0. The summed E-state index contributed by atoms with van der Waals surface area (Å²) >= 11 is 0. The first-order chi connectivity index (χ1) is 8.29. The van der Waals surface area contributed by atoms with Crippen LogP contribution in [0, 0.1) is 0 Å². The van der Waals surface area contributed by atoms with Crippen LogP contribution in [-0.2, 0) is 0 Å². The summed E-state index contributed by atoms with van der Waals surface area (Å²) in [4.78, 5) is 0. The number of hydrogen-bond acceptors (Lipinski definition) is 0. The molecule has 0 aromatic heterocycles. The van der Waals surface area contributed by atoms with Crippen molar-refractivity contribution in [3.63, 3.8) is 0 Å². The fourth-order valence-electron chi connectivity index (χ4n) is 0.891. The van der Waals surface area contributed by atoms with Crippen molar-refractivity contribution in [3.05, 3.63) is 73.4 Å². The number of rotatable bonds is 5. The Morgan fingerprint density at radius 1 is 0.765 bits per heavy atom. The summed E-state index contributed by atoms with van der Waals surface area (Å²) in [5.41, 5.74) is 2.08. The van der Waals surface area contributed by atoms with Crippen LogP contribution < -0.4 is 0 Å². The Labute approximate surface area is 108 Å². The van der Waals surface area contributed by atoms with Gasteiger partial charge in [0.15, 0.2) is 0 Å². The van der Waals surface area contributed by atoms with Crippen molar-refractivity contribution >= 4 is 0 Å². The van der Waals surface area contributed by atoms with E-state index in [1.54, 1.807) is 18.2 Å². The first kappa shape index (κ1) is 20.8. The molecule has 0 heterocycles. The van der Waals surface area contributed by atoms with Gasteiger partial charge in [-0.1, -0.05) is 90.0 Å². The Morgan fingerprint density at radius 3 is 1.47 bits per heavy atom. The SMILES string of the molecule is C=C/C=C(C=C)/C(C=C)=C/C=C\C.CC.CC. The topological polar surface area (TPSA) is 0 Å². The van der Waals surface area contributed by atoms with Crippen molar-refractivity contribution in [2.75, 3.05) is 0 Å². The van der Waals surface area contributed by atoms with E-state index in [4.69, 9.17) is 0 Å². The second-order valence-corrected chi connectivity index (χ2v) is 2.41. The monoisotopic (exact) mass is 232 g/mol. The highest BCUT2D eigenvalue weighted by Crippen LogP contribution is 2.12. The first-order valence-electron chi connectivity index (χ1n) is 6.21. The van der Waals surface area contributed by atoms with Crippen LogP contribution in [0.4, 0.5) is 0 Å². The molecule has 0 spiro atoms. The zero-order chi connectivity index (χ0) is 14.1. The average molecular weight is 232 g/mol. The van der Waals surface area contributed by atoms with Gasteiger partial charge in [-0.15, -0.1) is 0 Å². The van der Waals surface area contributed by atoms with Gasteiger partial charge in [0.05, 0.1) is 0 Å². The Hall–Kier alpha value is -1.56. The molecule has 0 rings (SSSR count). The van der Waals surface area contributed by atoms with E-state index in [1.807, 2.05) is 58.9 Å². The van der Waals surface area contributed by atoms with Crippen molar-refractivity contribution in [3.8, 4) is 0 Å². The van der Waals surface area contributed by atoms with E-state index in [-0.39, 0.29) is 0 Å². The highest BCUT2D eigenvalue weighted by atomic mass is 14.0. The lowest BCUT2D eigenvalue weighted by atomic mass is 10.1. The molecule has 0 aliphatic carbocycles. The van der Waals surface area contributed by atoms with Crippen LogP contribution in [0.3, 0.4) is 0 Å². The third-order valence-corrected chi connectivity index (χ3v) is 1.54. The van der Waals surface area contributed by atoms with Gasteiger partial charge in [-0.2, -0.15) is 0 Å². The zero-order valence-corrected chi connectivity index (χ0v) is 12.2. The van der Waals surface area contributed by atoms with Crippen LogP contribution in [0.2, 0.25) is 0 Å². The predicted octanol–water partition coefficient (Wildman–Crippen LogP) is 6.03. The molecule has 0 aliphatic heterocycles. The molecule has 0 saturated heterocycles. The highest BCUT2D eigenvalue weighted by molar-refractivity contribution is 5.47. The second-order valence-electron chi connectivity index (χ2n) is 2.41. The maximum atomic E-state index is 3.74. The van der Waals surface area contributed by atoms with Gasteiger partial charge in [0.1, 0.15) is 0 Å². The van der Waals surface area contributed by atoms with Gasteiger partial charge in [0.2, 0.25) is 0 Å². The molecular weight excluding hydrogens is 204 g/mol. The molecule has 0 radical (unpaired) electrons. The fourth-order valence-corrected chi connectivity index (χ4v) is 0.891. The maximum absolute atomic E-state index is 3.74. The zero-order valence-electron chi connectivity index (χ0n) is 12.2. The first-order valence-corrected chi connectivity index (χ1v) is 6.21. The van der Waals surface area contributed by atoms with Crippen LogP contribution in [0.1, 0.15) is 34.6 Å². The van der Waals surface area contributed by atoms with Crippen LogP contribution >= 0.6 is 0 Å². The predicted molar refractivity (Wildman–Crippen MR) is 84.3 cm³/mol. The summed E-state index contributed by atoms with van der Waals surface area (Å²) in [6, 6.07) is 0. The third kappa shape index (κ3) is 12.4. The third-order valence-electron chi connectivity index (χ3n) is 1.54. The normalized spacial score (nSPS) is 10.6. The van der Waals surface area contributed by atoms with Gasteiger partial charge in [0.25, 0.3) is 0 Å². The molecule has 0 aliphatic rings. The highest BCUT2D eigenvalue weighted by Gasteiger charge is 1.92. The van der Waals surface area contributed by atoms with Gasteiger partial charge in [-0.05, 0) is 18.1 Å². The molecule has 0 heteroatoms. The van der Waals surface area contributed by atoms with Gasteiger partial charge in [0, 0.05) is 0 Å². The Bertz CT molecular complexity index is 272. The van der Waals surface area contributed by atoms with Crippen LogP contribution in [0.15, 0.2) is 73.4 Å². The van der Waals surface area contributed by atoms with E-state index in [2.05, 4.69) is 19.7 Å². The largest absolute Gasteiger partial charge is 0.0990 e. The molecule has 0 nitrogen and oxygen atoms in total. The molecule has 0 bridgehead atoms. The summed E-state index contributed by atoms with van der Waals surface area (Å²) in [5.74, 6) is 0. The molecule has 0 N–H and O–H groups in total. The Balaban J connectivity index is -0.000000439. The minimum atomic E-state index is 1.03. The van der Waals surface area contributed by atoms with Crippen molar-refractivity contribution in [2.24, 2.45) is 0 Å². The smallest absolute Gasteiger partial charge is 0.0190 e. The molecule has 0 aromatic rings. The van der Waals surface area contributed by atoms with Crippen LogP contribution in [-0.4, -0.2) is 0 Å². The molecule has 0 amide bonds. The van der Waals surface area contributed by atoms with Crippen LogP contribution in [0.25, 0.3) is 0 Å². The lowest BCUT2D eigenvalue weighted by Gasteiger charge is -1.99. The van der Waals surface area contributed by atoms with E-state index in [9.17, 15) is 0 Å². The standard InChI is InChI=1S/C13H16.2C2H6/c1-5-9-11-13(8-4)12(7-3)10-6-2;2*1-2/h5-11H,2-4H2,1H3;2*1-2H3/b9-5-,12-10+,13-11+;;. The minimum Gasteiger partial charge on any atom is -0.0990 e. The molecule has 0 atom stereocenters. The quantitative estimate of drug-likeness (QED) is 0.508. The number of hydrogen-bond donors (Lipinski definition) is 0. The maximum Gasteiger partial charge on any atom is -0.0190 e. The summed E-state index contributed by atoms with van der Waals surface area (Å²) < 4.78 is 0. The molecule has 0 fully saturated rings. The van der Waals surface area contributed by atoms with E-state index < -0.39 is 0 Å². The van der Waals surface area contributed by atoms with E-state index in [1.165, 1.54) is 0 Å². The lowest BCUT2D eigenvalue weighted by molar-refractivity contribution is 1.50. The summed E-state index contributed by atoms with van der Waals surface area (Å²) in [6.45, 7) is 21.1. The van der Waals surface area contributed by atoms with Crippen molar-refractivity contribution in [1.82, 2.24) is 0 Å². The van der Waals surface area contributed by atoms with Gasteiger partial charge in [-0.3, -0.25) is 0 Å². The van der Waals surface area contributed by atoms with E-state index >= 15 is 0 Å². The summed E-state index contributed by atoms with van der Waals surface area (Å²) in [6.07, 6.45) is 13.2. The molecule has 0 aromatic carbocycles. The summed E-state index contributed by atoms with van der Waals surface area (Å²) in [7, 11) is 0. The van der Waals surface area contributed by atoms with Crippen molar-refractivity contribution in [2.45, 2.75) is 34.6 Å².